The molecular weight excluding hydrogens is 206 g/mol. The number of carbonyl (C=O) groups is 2. The molecule has 2 aliphatic carbocycles. The first-order valence-electron chi connectivity index (χ1n) is 6.11. The highest BCUT2D eigenvalue weighted by molar-refractivity contribution is 5.89. The second-order valence-electron chi connectivity index (χ2n) is 5.25. The molecule has 2 atom stereocenters. The molecule has 0 aromatic carbocycles. The molecule has 0 heterocycles. The molecule has 2 aliphatic rings. The number of carboxylic acid groups (broad SMARTS) is 1. The van der Waals surface area contributed by atoms with Gasteiger partial charge in [-0.3, -0.25) is 9.59 Å². The van der Waals surface area contributed by atoms with Gasteiger partial charge in [0.15, 0.2) is 0 Å². The van der Waals surface area contributed by atoms with Crippen molar-refractivity contribution in [2.75, 3.05) is 0 Å². The molecule has 0 saturated heterocycles. The van der Waals surface area contributed by atoms with E-state index in [4.69, 9.17) is 5.11 Å². The molecule has 0 radical (unpaired) electrons. The maximum absolute atomic E-state index is 11.7. The number of nitrogens with one attached hydrogen (secondary N) is 1. The second-order valence-corrected chi connectivity index (χ2v) is 5.25. The lowest BCUT2D eigenvalue weighted by atomic mass is 9.87. The van der Waals surface area contributed by atoms with E-state index < -0.39 is 11.9 Å². The minimum atomic E-state index is -0.836. The van der Waals surface area contributed by atoms with Crippen LogP contribution in [0.1, 0.15) is 39.0 Å². The first-order chi connectivity index (χ1) is 7.58. The highest BCUT2D eigenvalue weighted by atomic mass is 16.4. The molecule has 4 heteroatoms. The lowest BCUT2D eigenvalue weighted by Crippen LogP contribution is -2.38. The summed E-state index contributed by atoms with van der Waals surface area (Å²) in [6.45, 7) is 2.24. The van der Waals surface area contributed by atoms with E-state index in [1.807, 2.05) is 0 Å². The smallest absolute Gasteiger partial charge is 0.307 e. The Morgan fingerprint density at radius 1 is 1.12 bits per heavy atom. The van der Waals surface area contributed by atoms with Crippen LogP contribution in [0.5, 0.6) is 0 Å². The van der Waals surface area contributed by atoms with Gasteiger partial charge in [-0.1, -0.05) is 6.92 Å². The van der Waals surface area contributed by atoms with Crippen LogP contribution in [0, 0.1) is 17.8 Å². The maximum atomic E-state index is 11.7. The van der Waals surface area contributed by atoms with Gasteiger partial charge in [0, 0.05) is 6.04 Å². The van der Waals surface area contributed by atoms with Gasteiger partial charge in [0.25, 0.3) is 0 Å². The number of rotatable bonds is 3. The fourth-order valence-corrected chi connectivity index (χ4v) is 2.47. The number of amides is 1. The number of aliphatic carboxylic acids is 1. The van der Waals surface area contributed by atoms with Gasteiger partial charge in [-0.2, -0.15) is 0 Å². The third kappa shape index (κ3) is 2.54. The van der Waals surface area contributed by atoms with Gasteiger partial charge in [-0.05, 0) is 38.0 Å². The van der Waals surface area contributed by atoms with E-state index in [1.165, 1.54) is 0 Å². The van der Waals surface area contributed by atoms with Gasteiger partial charge >= 0.3 is 5.97 Å². The molecule has 0 aromatic rings. The van der Waals surface area contributed by atoms with Gasteiger partial charge in [-0.25, -0.2) is 0 Å². The van der Waals surface area contributed by atoms with Crippen LogP contribution in [-0.4, -0.2) is 23.0 Å². The van der Waals surface area contributed by atoms with Crippen molar-refractivity contribution < 1.29 is 14.7 Å². The Balaban J connectivity index is 1.74. The number of hydrogen-bond donors (Lipinski definition) is 2. The van der Waals surface area contributed by atoms with E-state index in [2.05, 4.69) is 12.2 Å². The second kappa shape index (κ2) is 4.44. The summed E-state index contributed by atoms with van der Waals surface area (Å²) >= 11 is 0. The predicted octanol–water partition coefficient (Wildman–Crippen LogP) is 1.40. The SMILES string of the molecule is CC1CCC(NC(=O)[C@@H]2C[C@@H]2C(=O)O)CC1. The first-order valence-corrected chi connectivity index (χ1v) is 6.11. The van der Waals surface area contributed by atoms with Crippen LogP contribution in [-0.2, 0) is 9.59 Å². The Morgan fingerprint density at radius 3 is 2.25 bits per heavy atom. The average Bonchev–Trinajstić information content (AvgIpc) is 3.01. The van der Waals surface area contributed by atoms with Crippen LogP contribution in [0.4, 0.5) is 0 Å². The highest BCUT2D eigenvalue weighted by Gasteiger charge is 2.48. The Bertz CT molecular complexity index is 295. The van der Waals surface area contributed by atoms with Gasteiger partial charge in [0.1, 0.15) is 0 Å². The van der Waals surface area contributed by atoms with E-state index in [0.717, 1.165) is 31.6 Å². The van der Waals surface area contributed by atoms with Crippen molar-refractivity contribution in [1.29, 1.82) is 0 Å². The van der Waals surface area contributed by atoms with Crippen molar-refractivity contribution in [3.05, 3.63) is 0 Å². The van der Waals surface area contributed by atoms with Crippen LogP contribution >= 0.6 is 0 Å². The molecule has 0 aliphatic heterocycles. The highest BCUT2D eigenvalue weighted by Crippen LogP contribution is 2.39. The van der Waals surface area contributed by atoms with E-state index in [9.17, 15) is 9.59 Å². The summed E-state index contributed by atoms with van der Waals surface area (Å²) < 4.78 is 0. The molecule has 0 spiro atoms. The first kappa shape index (κ1) is 11.4. The van der Waals surface area contributed by atoms with Crippen molar-refractivity contribution in [1.82, 2.24) is 5.32 Å². The van der Waals surface area contributed by atoms with Crippen molar-refractivity contribution in [3.8, 4) is 0 Å². The summed E-state index contributed by atoms with van der Waals surface area (Å²) in [6.07, 6.45) is 4.93. The molecule has 1 amide bonds. The molecular formula is C12H19NO3. The molecule has 16 heavy (non-hydrogen) atoms. The Morgan fingerprint density at radius 2 is 1.75 bits per heavy atom. The van der Waals surface area contributed by atoms with E-state index >= 15 is 0 Å². The van der Waals surface area contributed by atoms with E-state index in [1.54, 1.807) is 0 Å². The molecule has 0 aromatic heterocycles. The summed E-state index contributed by atoms with van der Waals surface area (Å²) in [6, 6.07) is 0.277. The fourth-order valence-electron chi connectivity index (χ4n) is 2.47. The molecule has 2 N–H and O–H groups in total. The molecule has 4 nitrogen and oxygen atoms in total. The van der Waals surface area contributed by atoms with E-state index in [-0.39, 0.29) is 17.9 Å². The Hall–Kier alpha value is -1.06. The predicted molar refractivity (Wildman–Crippen MR) is 58.8 cm³/mol. The Labute approximate surface area is 95.4 Å². The fraction of sp³-hybridized carbons (Fsp3) is 0.833. The quantitative estimate of drug-likeness (QED) is 0.763. The molecule has 0 unspecified atom stereocenters. The van der Waals surface area contributed by atoms with Crippen LogP contribution < -0.4 is 5.32 Å². The zero-order chi connectivity index (χ0) is 11.7. The van der Waals surface area contributed by atoms with Gasteiger partial charge in [0.05, 0.1) is 11.8 Å². The van der Waals surface area contributed by atoms with Gasteiger partial charge in [-0.15, -0.1) is 0 Å². The molecule has 2 saturated carbocycles. The van der Waals surface area contributed by atoms with Crippen LogP contribution in [0.25, 0.3) is 0 Å². The van der Waals surface area contributed by atoms with Gasteiger partial charge in [0.2, 0.25) is 5.91 Å². The maximum Gasteiger partial charge on any atom is 0.307 e. The van der Waals surface area contributed by atoms with Crippen molar-refractivity contribution >= 4 is 11.9 Å². The lowest BCUT2D eigenvalue weighted by Gasteiger charge is -2.26. The monoisotopic (exact) mass is 225 g/mol. The Kier molecular flexibility index (Phi) is 3.17. The molecule has 90 valence electrons. The largest absolute Gasteiger partial charge is 0.481 e. The normalized spacial score (nSPS) is 37.8. The molecule has 0 bridgehead atoms. The van der Waals surface area contributed by atoms with Crippen molar-refractivity contribution in [2.45, 2.75) is 45.1 Å². The minimum Gasteiger partial charge on any atom is -0.481 e. The van der Waals surface area contributed by atoms with Gasteiger partial charge < -0.3 is 10.4 Å². The lowest BCUT2D eigenvalue weighted by molar-refractivity contribution is -0.140. The third-order valence-corrected chi connectivity index (χ3v) is 3.81. The van der Waals surface area contributed by atoms with Crippen LogP contribution in [0.3, 0.4) is 0 Å². The average molecular weight is 225 g/mol. The topological polar surface area (TPSA) is 66.4 Å². The number of carboxylic acids is 1. The van der Waals surface area contributed by atoms with Crippen molar-refractivity contribution in [3.63, 3.8) is 0 Å². The summed E-state index contributed by atoms with van der Waals surface area (Å²) in [4.78, 5) is 22.3. The van der Waals surface area contributed by atoms with Crippen LogP contribution in [0.15, 0.2) is 0 Å². The summed E-state index contributed by atoms with van der Waals surface area (Å²) in [5.74, 6) is -0.815. The summed E-state index contributed by atoms with van der Waals surface area (Å²) in [7, 11) is 0. The number of hydrogen-bond acceptors (Lipinski definition) is 2. The standard InChI is InChI=1S/C12H19NO3/c1-7-2-4-8(5-3-7)13-11(14)9-6-10(9)12(15)16/h7-10H,2-6H2,1H3,(H,13,14)(H,15,16)/t7?,8?,9-,10+/m1/s1. The third-order valence-electron chi connectivity index (χ3n) is 3.81. The van der Waals surface area contributed by atoms with E-state index in [0.29, 0.717) is 6.42 Å². The summed E-state index contributed by atoms with van der Waals surface area (Å²) in [5, 5.41) is 11.7. The zero-order valence-electron chi connectivity index (χ0n) is 9.61. The number of carbonyl (C=O) groups excluding carboxylic acids is 1. The van der Waals surface area contributed by atoms with Crippen molar-refractivity contribution in [2.24, 2.45) is 17.8 Å². The minimum absolute atomic E-state index is 0.0491. The zero-order valence-corrected chi connectivity index (χ0v) is 9.61. The molecule has 2 fully saturated rings. The summed E-state index contributed by atoms with van der Waals surface area (Å²) in [5.41, 5.74) is 0. The molecule has 2 rings (SSSR count). The van der Waals surface area contributed by atoms with Crippen LogP contribution in [0.2, 0.25) is 0 Å².